The number of rotatable bonds is 7. The van der Waals surface area contributed by atoms with Crippen LogP contribution in [-0.2, 0) is 0 Å². The van der Waals surface area contributed by atoms with Gasteiger partial charge in [0.1, 0.15) is 17.2 Å². The molecular formula is C18H21BrO3. The molecule has 0 saturated carbocycles. The van der Waals surface area contributed by atoms with E-state index in [0.29, 0.717) is 13.2 Å². The van der Waals surface area contributed by atoms with Crippen molar-refractivity contribution in [1.29, 1.82) is 0 Å². The standard InChI is InChI=1S/C18H21BrO3/c1-13-11-18(14(2)10-17(13)19)22-9-5-8-21-16-7-4-6-15(12-16)20-3/h4,6-7,10-12H,5,8-9H2,1-3H3. The van der Waals surface area contributed by atoms with E-state index in [9.17, 15) is 0 Å². The lowest BCUT2D eigenvalue weighted by Crippen LogP contribution is -2.06. The predicted molar refractivity (Wildman–Crippen MR) is 92.2 cm³/mol. The van der Waals surface area contributed by atoms with Crippen molar-refractivity contribution in [3.05, 3.63) is 52.0 Å². The summed E-state index contributed by atoms with van der Waals surface area (Å²) in [5.74, 6) is 2.55. The lowest BCUT2D eigenvalue weighted by molar-refractivity contribution is 0.246. The molecule has 118 valence electrons. The van der Waals surface area contributed by atoms with Gasteiger partial charge in [0.2, 0.25) is 0 Å². The highest BCUT2D eigenvalue weighted by atomic mass is 79.9. The van der Waals surface area contributed by atoms with Gasteiger partial charge < -0.3 is 14.2 Å². The van der Waals surface area contributed by atoms with E-state index in [1.54, 1.807) is 7.11 Å². The van der Waals surface area contributed by atoms with Gasteiger partial charge in [-0.2, -0.15) is 0 Å². The third-order valence-electron chi connectivity index (χ3n) is 3.31. The SMILES string of the molecule is COc1cccc(OCCCOc2cc(C)c(Br)cc2C)c1. The second kappa shape index (κ2) is 8.08. The number of benzene rings is 2. The molecule has 0 saturated heterocycles. The van der Waals surface area contributed by atoms with Crippen LogP contribution in [0.2, 0.25) is 0 Å². The number of hydrogen-bond donors (Lipinski definition) is 0. The summed E-state index contributed by atoms with van der Waals surface area (Å²) in [6.07, 6.45) is 0.825. The minimum Gasteiger partial charge on any atom is -0.497 e. The second-order valence-electron chi connectivity index (χ2n) is 5.10. The highest BCUT2D eigenvalue weighted by Gasteiger charge is 2.04. The third-order valence-corrected chi connectivity index (χ3v) is 4.17. The summed E-state index contributed by atoms with van der Waals surface area (Å²) in [6, 6.07) is 11.8. The van der Waals surface area contributed by atoms with Gasteiger partial charge in [-0.1, -0.05) is 22.0 Å². The van der Waals surface area contributed by atoms with Crippen molar-refractivity contribution in [3.63, 3.8) is 0 Å². The van der Waals surface area contributed by atoms with Crippen LogP contribution in [-0.4, -0.2) is 20.3 Å². The molecule has 0 N–H and O–H groups in total. The number of halogens is 1. The van der Waals surface area contributed by atoms with Crippen molar-refractivity contribution in [3.8, 4) is 17.2 Å². The minimum atomic E-state index is 0.613. The van der Waals surface area contributed by atoms with Crippen LogP contribution in [0.5, 0.6) is 17.2 Å². The van der Waals surface area contributed by atoms with Gasteiger partial charge in [0.25, 0.3) is 0 Å². The molecule has 2 aromatic carbocycles. The molecule has 22 heavy (non-hydrogen) atoms. The highest BCUT2D eigenvalue weighted by molar-refractivity contribution is 9.10. The van der Waals surface area contributed by atoms with E-state index in [1.807, 2.05) is 31.2 Å². The summed E-state index contributed by atoms with van der Waals surface area (Å²) in [7, 11) is 1.65. The molecule has 0 heterocycles. The smallest absolute Gasteiger partial charge is 0.122 e. The van der Waals surface area contributed by atoms with Crippen LogP contribution < -0.4 is 14.2 Å². The number of aryl methyl sites for hydroxylation is 2. The zero-order valence-electron chi connectivity index (χ0n) is 13.2. The fourth-order valence-electron chi connectivity index (χ4n) is 2.03. The van der Waals surface area contributed by atoms with Gasteiger partial charge in [-0.25, -0.2) is 0 Å². The Morgan fingerprint density at radius 2 is 1.64 bits per heavy atom. The first-order valence-corrected chi connectivity index (χ1v) is 8.06. The molecule has 0 unspecified atom stereocenters. The quantitative estimate of drug-likeness (QED) is 0.652. The third kappa shape index (κ3) is 4.67. The summed E-state index contributed by atoms with van der Waals surface area (Å²) in [5.41, 5.74) is 2.31. The lowest BCUT2D eigenvalue weighted by Gasteiger charge is -2.12. The van der Waals surface area contributed by atoms with Crippen LogP contribution in [0.1, 0.15) is 17.5 Å². The van der Waals surface area contributed by atoms with Crippen molar-refractivity contribution in [2.75, 3.05) is 20.3 Å². The number of hydrogen-bond acceptors (Lipinski definition) is 3. The molecule has 2 rings (SSSR count). The molecule has 0 bridgehead atoms. The largest absolute Gasteiger partial charge is 0.497 e. The fourth-order valence-corrected chi connectivity index (χ4v) is 2.49. The monoisotopic (exact) mass is 364 g/mol. The number of methoxy groups -OCH3 is 1. The zero-order valence-corrected chi connectivity index (χ0v) is 14.8. The Morgan fingerprint density at radius 1 is 0.909 bits per heavy atom. The highest BCUT2D eigenvalue weighted by Crippen LogP contribution is 2.26. The Bertz CT molecular complexity index is 626. The molecular weight excluding hydrogens is 344 g/mol. The summed E-state index contributed by atoms with van der Waals surface area (Å²) < 4.78 is 17.8. The van der Waals surface area contributed by atoms with Crippen LogP contribution in [0.15, 0.2) is 40.9 Å². The van der Waals surface area contributed by atoms with Crippen molar-refractivity contribution >= 4 is 15.9 Å². The van der Waals surface area contributed by atoms with E-state index in [2.05, 4.69) is 35.0 Å². The van der Waals surface area contributed by atoms with Crippen LogP contribution in [0.25, 0.3) is 0 Å². The minimum absolute atomic E-state index is 0.613. The molecule has 0 spiro atoms. The zero-order chi connectivity index (χ0) is 15.9. The topological polar surface area (TPSA) is 27.7 Å². The van der Waals surface area contributed by atoms with Crippen molar-refractivity contribution in [2.45, 2.75) is 20.3 Å². The molecule has 3 nitrogen and oxygen atoms in total. The van der Waals surface area contributed by atoms with Gasteiger partial charge in [0, 0.05) is 17.0 Å². The van der Waals surface area contributed by atoms with Gasteiger partial charge in [-0.15, -0.1) is 0 Å². The molecule has 0 aliphatic heterocycles. The van der Waals surface area contributed by atoms with Crippen LogP contribution >= 0.6 is 15.9 Å². The van der Waals surface area contributed by atoms with Crippen LogP contribution in [0.3, 0.4) is 0 Å². The molecule has 0 aliphatic carbocycles. The molecule has 0 amide bonds. The summed E-state index contributed by atoms with van der Waals surface area (Å²) in [4.78, 5) is 0. The molecule has 0 aliphatic rings. The molecule has 0 radical (unpaired) electrons. The first-order valence-electron chi connectivity index (χ1n) is 7.26. The molecule has 0 aromatic heterocycles. The maximum Gasteiger partial charge on any atom is 0.122 e. The van der Waals surface area contributed by atoms with Gasteiger partial charge in [-0.3, -0.25) is 0 Å². The fraction of sp³-hybridized carbons (Fsp3) is 0.333. The van der Waals surface area contributed by atoms with Gasteiger partial charge in [0.05, 0.1) is 20.3 Å². The predicted octanol–water partition coefficient (Wildman–Crippen LogP) is 4.92. The van der Waals surface area contributed by atoms with Crippen molar-refractivity contribution in [1.82, 2.24) is 0 Å². The maximum atomic E-state index is 5.83. The lowest BCUT2D eigenvalue weighted by atomic mass is 10.1. The molecule has 4 heteroatoms. The van der Waals surface area contributed by atoms with E-state index in [1.165, 1.54) is 5.56 Å². The Hall–Kier alpha value is -1.68. The van der Waals surface area contributed by atoms with E-state index in [-0.39, 0.29) is 0 Å². The average molecular weight is 365 g/mol. The van der Waals surface area contributed by atoms with E-state index >= 15 is 0 Å². The Kier molecular flexibility index (Phi) is 6.13. The Balaban J connectivity index is 1.76. The molecule has 0 atom stereocenters. The first-order chi connectivity index (χ1) is 10.6. The van der Waals surface area contributed by atoms with Crippen molar-refractivity contribution < 1.29 is 14.2 Å². The summed E-state index contributed by atoms with van der Waals surface area (Å²) >= 11 is 3.53. The van der Waals surface area contributed by atoms with Gasteiger partial charge in [-0.05, 0) is 49.2 Å². The average Bonchev–Trinajstić information content (AvgIpc) is 2.52. The molecule has 2 aromatic rings. The Morgan fingerprint density at radius 3 is 2.41 bits per heavy atom. The summed E-state index contributed by atoms with van der Waals surface area (Å²) in [6.45, 7) is 5.35. The maximum absolute atomic E-state index is 5.83. The van der Waals surface area contributed by atoms with E-state index < -0.39 is 0 Å². The Labute approximate surface area is 140 Å². The molecule has 0 fully saturated rings. The van der Waals surface area contributed by atoms with E-state index in [0.717, 1.165) is 33.7 Å². The normalized spacial score (nSPS) is 10.4. The van der Waals surface area contributed by atoms with Gasteiger partial charge >= 0.3 is 0 Å². The van der Waals surface area contributed by atoms with Crippen LogP contribution in [0, 0.1) is 13.8 Å². The summed E-state index contributed by atoms with van der Waals surface area (Å²) in [5, 5.41) is 0. The first kappa shape index (κ1) is 16.7. The number of ether oxygens (including phenoxy) is 3. The van der Waals surface area contributed by atoms with E-state index in [4.69, 9.17) is 14.2 Å². The van der Waals surface area contributed by atoms with Gasteiger partial charge in [0.15, 0.2) is 0 Å². The van der Waals surface area contributed by atoms with Crippen molar-refractivity contribution in [2.24, 2.45) is 0 Å². The second-order valence-corrected chi connectivity index (χ2v) is 5.95. The van der Waals surface area contributed by atoms with Crippen LogP contribution in [0.4, 0.5) is 0 Å².